The van der Waals surface area contributed by atoms with Crippen molar-refractivity contribution >= 4 is 5.71 Å². The summed E-state index contributed by atoms with van der Waals surface area (Å²) in [6.45, 7) is 9.54. The number of allylic oxidation sites excluding steroid dienone is 1. The molecule has 2 aliphatic heterocycles. The molecule has 1 aromatic heterocycles. The fraction of sp³-hybridized carbons (Fsp3) is 0.600. The maximum absolute atomic E-state index is 14.3. The molecule has 2 saturated heterocycles. The zero-order valence-corrected chi connectivity index (χ0v) is 23.5. The van der Waals surface area contributed by atoms with Gasteiger partial charge in [-0.1, -0.05) is 26.3 Å². The van der Waals surface area contributed by atoms with Crippen molar-refractivity contribution in [2.75, 3.05) is 33.4 Å². The van der Waals surface area contributed by atoms with Crippen LogP contribution < -0.4 is 5.73 Å². The number of aryl methyl sites for hydroxylation is 2. The molecule has 0 saturated carbocycles. The molecule has 2 fully saturated rings. The molecule has 0 aliphatic carbocycles. The Bertz CT molecular complexity index is 1170. The molecule has 2 aliphatic rings. The monoisotopic (exact) mass is 527 g/mol. The van der Waals surface area contributed by atoms with Gasteiger partial charge in [-0.25, -0.2) is 8.78 Å². The summed E-state index contributed by atoms with van der Waals surface area (Å²) < 4.78 is 35.8. The first-order valence-electron chi connectivity index (χ1n) is 13.9. The van der Waals surface area contributed by atoms with Crippen LogP contribution >= 0.6 is 0 Å². The van der Waals surface area contributed by atoms with Gasteiger partial charge in [0.2, 0.25) is 0 Å². The molecular weight excluding hydrogens is 484 g/mol. The third-order valence-electron chi connectivity index (χ3n) is 8.17. The number of halogens is 2. The van der Waals surface area contributed by atoms with E-state index in [1.165, 1.54) is 0 Å². The van der Waals surface area contributed by atoms with E-state index < -0.39 is 6.43 Å². The summed E-state index contributed by atoms with van der Waals surface area (Å²) in [6, 6.07) is 3.88. The number of alkyl halides is 2. The molecule has 6 nitrogen and oxygen atoms in total. The van der Waals surface area contributed by atoms with E-state index in [1.807, 2.05) is 13.0 Å². The first-order valence-corrected chi connectivity index (χ1v) is 13.9. The molecule has 3 heterocycles. The minimum Gasteiger partial charge on any atom is -0.401 e. The van der Waals surface area contributed by atoms with Gasteiger partial charge < -0.3 is 15.4 Å². The van der Waals surface area contributed by atoms with E-state index in [9.17, 15) is 8.78 Å². The minimum atomic E-state index is -2.58. The van der Waals surface area contributed by atoms with Crippen LogP contribution in [0.4, 0.5) is 8.78 Å². The standard InChI is InChI=1S/C30H43F2N5O/c1-6-7-23(29(33)27-18-36(4)11-8-28(27)35-22-9-12-38-13-10-22)20(3)24-15-26(30(31)32)25(14-19(24)2)21-16-34-37(5)17-21/h14-17,20,22-23,30H,6-13,18,33H2,1-5H3/b29-27-,35-28?. The Hall–Kier alpha value is -2.58. The second kappa shape index (κ2) is 12.5. The van der Waals surface area contributed by atoms with Crippen LogP contribution in [0.3, 0.4) is 0 Å². The van der Waals surface area contributed by atoms with Gasteiger partial charge in [-0.15, -0.1) is 0 Å². The highest BCUT2D eigenvalue weighted by atomic mass is 19.3. The highest BCUT2D eigenvalue weighted by Crippen LogP contribution is 2.40. The van der Waals surface area contributed by atoms with E-state index in [4.69, 9.17) is 15.5 Å². The van der Waals surface area contributed by atoms with Crippen molar-refractivity contribution in [2.45, 2.75) is 71.3 Å². The predicted molar refractivity (Wildman–Crippen MR) is 150 cm³/mol. The molecule has 0 radical (unpaired) electrons. The number of likely N-dealkylation sites (N-methyl/N-ethyl adjacent to an activating group) is 1. The first kappa shape index (κ1) is 28.4. The molecule has 0 bridgehead atoms. The molecule has 208 valence electrons. The Morgan fingerprint density at radius 2 is 1.95 bits per heavy atom. The number of likely N-dealkylation sites (tertiary alicyclic amines) is 1. The van der Waals surface area contributed by atoms with Crippen LogP contribution in [-0.4, -0.2) is 59.8 Å². The van der Waals surface area contributed by atoms with Crippen LogP contribution in [0.2, 0.25) is 0 Å². The molecule has 8 heteroatoms. The normalized spacial score (nSPS) is 21.7. The Balaban J connectivity index is 1.74. The van der Waals surface area contributed by atoms with Crippen LogP contribution in [0.15, 0.2) is 40.8 Å². The summed E-state index contributed by atoms with van der Waals surface area (Å²) in [5.41, 5.74) is 13.4. The fourth-order valence-electron chi connectivity index (χ4n) is 5.97. The minimum absolute atomic E-state index is 0.0144. The van der Waals surface area contributed by atoms with Crippen molar-refractivity contribution in [1.82, 2.24) is 14.7 Å². The number of hydrogen-bond donors (Lipinski definition) is 1. The highest BCUT2D eigenvalue weighted by molar-refractivity contribution is 6.02. The van der Waals surface area contributed by atoms with Gasteiger partial charge in [0, 0.05) is 80.0 Å². The van der Waals surface area contributed by atoms with Crippen molar-refractivity contribution in [1.29, 1.82) is 0 Å². The van der Waals surface area contributed by atoms with Crippen LogP contribution in [0.5, 0.6) is 0 Å². The average Bonchev–Trinajstić information content (AvgIpc) is 3.34. The van der Waals surface area contributed by atoms with Crippen molar-refractivity contribution in [3.05, 3.63) is 52.5 Å². The van der Waals surface area contributed by atoms with E-state index in [-0.39, 0.29) is 23.4 Å². The lowest BCUT2D eigenvalue weighted by atomic mass is 9.77. The van der Waals surface area contributed by atoms with Crippen molar-refractivity contribution in [2.24, 2.45) is 23.7 Å². The molecular formula is C30H43F2N5O. The van der Waals surface area contributed by atoms with Crippen molar-refractivity contribution in [3.8, 4) is 11.1 Å². The molecule has 2 atom stereocenters. The molecule has 0 spiro atoms. The van der Waals surface area contributed by atoms with Gasteiger partial charge in [-0.05, 0) is 61.9 Å². The summed E-state index contributed by atoms with van der Waals surface area (Å²) in [7, 11) is 3.91. The lowest BCUT2D eigenvalue weighted by Crippen LogP contribution is -2.37. The largest absolute Gasteiger partial charge is 0.401 e. The number of nitrogens with zero attached hydrogens (tertiary/aromatic N) is 4. The van der Waals surface area contributed by atoms with Gasteiger partial charge in [0.25, 0.3) is 6.43 Å². The average molecular weight is 528 g/mol. The molecule has 1 aromatic carbocycles. The van der Waals surface area contributed by atoms with Crippen LogP contribution in [0.1, 0.15) is 75.0 Å². The van der Waals surface area contributed by atoms with Gasteiger partial charge in [0.1, 0.15) is 0 Å². The Morgan fingerprint density at radius 1 is 1.21 bits per heavy atom. The molecule has 2 aromatic rings. The lowest BCUT2D eigenvalue weighted by molar-refractivity contribution is 0.0870. The van der Waals surface area contributed by atoms with E-state index in [0.717, 1.165) is 86.5 Å². The second-order valence-electron chi connectivity index (χ2n) is 11.0. The number of rotatable bonds is 8. The highest BCUT2D eigenvalue weighted by Gasteiger charge is 2.30. The van der Waals surface area contributed by atoms with Crippen LogP contribution in [-0.2, 0) is 11.8 Å². The van der Waals surface area contributed by atoms with Crippen molar-refractivity contribution < 1.29 is 13.5 Å². The molecule has 38 heavy (non-hydrogen) atoms. The third kappa shape index (κ3) is 6.34. The van der Waals surface area contributed by atoms with Gasteiger partial charge >= 0.3 is 0 Å². The maximum atomic E-state index is 14.3. The SMILES string of the molecule is CCCC(/C(N)=C1\CN(C)CCC1=NC1CCOCC1)C(C)c1cc(C(F)F)c(-c2cnn(C)c2)cc1C. The summed E-state index contributed by atoms with van der Waals surface area (Å²) >= 11 is 0. The zero-order valence-electron chi connectivity index (χ0n) is 23.5. The third-order valence-corrected chi connectivity index (χ3v) is 8.17. The van der Waals surface area contributed by atoms with Gasteiger partial charge in [0.15, 0.2) is 0 Å². The second-order valence-corrected chi connectivity index (χ2v) is 11.0. The van der Waals surface area contributed by atoms with Crippen LogP contribution in [0, 0.1) is 12.8 Å². The van der Waals surface area contributed by atoms with E-state index in [1.54, 1.807) is 30.2 Å². The summed E-state index contributed by atoms with van der Waals surface area (Å²) in [5.74, 6) is 0.0225. The molecule has 0 amide bonds. The number of benzene rings is 1. The summed E-state index contributed by atoms with van der Waals surface area (Å²) in [4.78, 5) is 7.47. The number of aliphatic imine (C=N–C) groups is 1. The Kier molecular flexibility index (Phi) is 9.36. The van der Waals surface area contributed by atoms with E-state index in [0.29, 0.717) is 11.1 Å². The maximum Gasteiger partial charge on any atom is 0.264 e. The topological polar surface area (TPSA) is 68.7 Å². The summed E-state index contributed by atoms with van der Waals surface area (Å²) in [5, 5.41) is 4.19. The summed E-state index contributed by atoms with van der Waals surface area (Å²) in [6.07, 6.45) is 5.46. The fourth-order valence-corrected chi connectivity index (χ4v) is 5.97. The Morgan fingerprint density at radius 3 is 2.58 bits per heavy atom. The molecule has 2 unspecified atom stereocenters. The lowest BCUT2D eigenvalue weighted by Gasteiger charge is -2.33. The number of hydrogen-bond acceptors (Lipinski definition) is 5. The molecule has 4 rings (SSSR count). The van der Waals surface area contributed by atoms with Crippen molar-refractivity contribution in [3.63, 3.8) is 0 Å². The number of nitrogens with two attached hydrogens (primary N) is 1. The van der Waals surface area contributed by atoms with Gasteiger partial charge in [0.05, 0.1) is 12.2 Å². The number of piperidine rings is 1. The first-order chi connectivity index (χ1) is 18.2. The Labute approximate surface area is 225 Å². The smallest absolute Gasteiger partial charge is 0.264 e. The van der Waals surface area contributed by atoms with E-state index >= 15 is 0 Å². The van der Waals surface area contributed by atoms with E-state index in [2.05, 4.69) is 30.9 Å². The number of aromatic nitrogens is 2. The van der Waals surface area contributed by atoms with Gasteiger partial charge in [-0.2, -0.15) is 5.10 Å². The quantitative estimate of drug-likeness (QED) is 0.456. The van der Waals surface area contributed by atoms with Crippen LogP contribution in [0.25, 0.3) is 11.1 Å². The molecule has 2 N–H and O–H groups in total. The predicted octanol–water partition coefficient (Wildman–Crippen LogP) is 6.02. The van der Waals surface area contributed by atoms with Gasteiger partial charge in [-0.3, -0.25) is 9.67 Å². The zero-order chi connectivity index (χ0) is 27.4. The number of ether oxygens (including phenoxy) is 1.